The Morgan fingerprint density at radius 1 is 0.897 bits per heavy atom. The van der Waals surface area contributed by atoms with Gasteiger partial charge in [-0.05, 0) is 47.2 Å². The van der Waals surface area contributed by atoms with Gasteiger partial charge in [0.1, 0.15) is 0 Å². The fourth-order valence-corrected chi connectivity index (χ4v) is 4.23. The van der Waals surface area contributed by atoms with E-state index in [1.807, 2.05) is 72.8 Å². The van der Waals surface area contributed by atoms with Gasteiger partial charge in [-0.2, -0.15) is 0 Å². The van der Waals surface area contributed by atoms with Crippen molar-refractivity contribution in [2.45, 2.75) is 6.54 Å². The molecule has 0 aliphatic carbocycles. The third kappa shape index (κ3) is 4.56. The van der Waals surface area contributed by atoms with Gasteiger partial charge < -0.3 is 0 Å². The summed E-state index contributed by atoms with van der Waals surface area (Å²) >= 11 is 13.8. The molecule has 0 aromatic heterocycles. The lowest BCUT2D eigenvalue weighted by Crippen LogP contribution is -2.28. The maximum Gasteiger partial charge on any atom is 0.267 e. The van der Waals surface area contributed by atoms with Crippen LogP contribution in [0.5, 0.6) is 0 Å². The molecule has 3 aromatic carbocycles. The van der Waals surface area contributed by atoms with Gasteiger partial charge in [-0.25, -0.2) is 4.99 Å². The molecule has 4 rings (SSSR count). The number of rotatable bonds is 4. The molecular formula is C23H16Cl2N2OS. The average molecular weight is 439 g/mol. The SMILES string of the molecule is O=C1/C(=C\c2cccc(Cl)c2Cl)SC(=Nc2ccccc2)N1Cc1ccccc1. The summed E-state index contributed by atoms with van der Waals surface area (Å²) in [6.07, 6.45) is 1.77. The molecule has 0 N–H and O–H groups in total. The monoisotopic (exact) mass is 438 g/mol. The number of thioether (sulfide) groups is 1. The molecule has 1 fully saturated rings. The summed E-state index contributed by atoms with van der Waals surface area (Å²) in [4.78, 5) is 20.1. The van der Waals surface area contributed by atoms with Gasteiger partial charge in [0.05, 0.1) is 27.2 Å². The Balaban J connectivity index is 1.72. The zero-order valence-corrected chi connectivity index (χ0v) is 17.6. The van der Waals surface area contributed by atoms with Gasteiger partial charge in [0, 0.05) is 0 Å². The van der Waals surface area contributed by atoms with Crippen LogP contribution < -0.4 is 0 Å². The summed E-state index contributed by atoms with van der Waals surface area (Å²) in [6, 6.07) is 24.8. The molecule has 0 unspecified atom stereocenters. The van der Waals surface area contributed by atoms with Gasteiger partial charge in [0.15, 0.2) is 5.17 Å². The van der Waals surface area contributed by atoms with E-state index >= 15 is 0 Å². The highest BCUT2D eigenvalue weighted by atomic mass is 35.5. The lowest BCUT2D eigenvalue weighted by atomic mass is 10.2. The highest BCUT2D eigenvalue weighted by Gasteiger charge is 2.33. The summed E-state index contributed by atoms with van der Waals surface area (Å²) < 4.78 is 0. The van der Waals surface area contributed by atoms with E-state index in [0.29, 0.717) is 32.2 Å². The van der Waals surface area contributed by atoms with Gasteiger partial charge in [0.25, 0.3) is 5.91 Å². The number of para-hydroxylation sites is 1. The number of aliphatic imine (C=N–C) groups is 1. The standard InChI is InChI=1S/C23H16Cl2N2OS/c24-19-13-7-10-17(21(19)25)14-20-22(28)27(15-16-8-3-1-4-9-16)23(29-20)26-18-11-5-2-6-12-18/h1-14H,15H2/b20-14+,26-23?. The predicted molar refractivity (Wildman–Crippen MR) is 123 cm³/mol. The van der Waals surface area contributed by atoms with E-state index in [1.54, 1.807) is 17.0 Å². The molecule has 3 aromatic rings. The van der Waals surface area contributed by atoms with Crippen LogP contribution in [0, 0.1) is 0 Å². The normalized spacial score (nSPS) is 16.8. The molecule has 144 valence electrons. The number of amides is 1. The van der Waals surface area contributed by atoms with E-state index in [1.165, 1.54) is 11.8 Å². The molecule has 0 bridgehead atoms. The summed E-state index contributed by atoms with van der Waals surface area (Å²) in [5, 5.41) is 1.52. The number of hydrogen-bond acceptors (Lipinski definition) is 3. The molecular weight excluding hydrogens is 423 g/mol. The first-order valence-corrected chi connectivity index (χ1v) is 10.5. The van der Waals surface area contributed by atoms with Crippen LogP contribution in [0.2, 0.25) is 10.0 Å². The second-order valence-electron chi connectivity index (χ2n) is 6.36. The Hall–Kier alpha value is -2.53. The Morgan fingerprint density at radius 2 is 1.59 bits per heavy atom. The third-order valence-electron chi connectivity index (χ3n) is 4.32. The van der Waals surface area contributed by atoms with Crippen LogP contribution in [-0.2, 0) is 11.3 Å². The smallest absolute Gasteiger partial charge is 0.267 e. The van der Waals surface area contributed by atoms with Gasteiger partial charge in [-0.3, -0.25) is 9.69 Å². The van der Waals surface area contributed by atoms with Crippen molar-refractivity contribution < 1.29 is 4.79 Å². The average Bonchev–Trinajstić information content (AvgIpc) is 3.02. The minimum absolute atomic E-state index is 0.107. The molecule has 1 saturated heterocycles. The van der Waals surface area contributed by atoms with Crippen molar-refractivity contribution in [3.8, 4) is 0 Å². The van der Waals surface area contributed by atoms with Crippen LogP contribution in [0.3, 0.4) is 0 Å². The first-order chi connectivity index (χ1) is 14.1. The Kier molecular flexibility index (Phi) is 6.05. The molecule has 1 amide bonds. The number of nitrogens with zero attached hydrogens (tertiary/aromatic N) is 2. The van der Waals surface area contributed by atoms with Crippen LogP contribution in [0.1, 0.15) is 11.1 Å². The van der Waals surface area contributed by atoms with Crippen LogP contribution >= 0.6 is 35.0 Å². The van der Waals surface area contributed by atoms with Gasteiger partial charge in [0.2, 0.25) is 0 Å². The summed E-state index contributed by atoms with van der Waals surface area (Å²) in [6.45, 7) is 0.443. The Morgan fingerprint density at radius 3 is 2.31 bits per heavy atom. The quantitative estimate of drug-likeness (QED) is 0.419. The predicted octanol–water partition coefficient (Wildman–Crippen LogP) is 6.80. The van der Waals surface area contributed by atoms with Crippen molar-refractivity contribution >= 4 is 57.8 Å². The minimum Gasteiger partial charge on any atom is -0.282 e. The van der Waals surface area contributed by atoms with Crippen molar-refractivity contribution in [2.75, 3.05) is 0 Å². The second kappa shape index (κ2) is 8.87. The summed E-state index contributed by atoms with van der Waals surface area (Å²) in [7, 11) is 0. The molecule has 0 atom stereocenters. The molecule has 1 aliphatic heterocycles. The molecule has 1 aliphatic rings. The Labute approximate surface area is 183 Å². The number of hydrogen-bond donors (Lipinski definition) is 0. The van der Waals surface area contributed by atoms with Crippen molar-refractivity contribution in [3.05, 3.63) is 105 Å². The zero-order chi connectivity index (χ0) is 20.2. The third-order valence-corrected chi connectivity index (χ3v) is 6.16. The van der Waals surface area contributed by atoms with Gasteiger partial charge >= 0.3 is 0 Å². The lowest BCUT2D eigenvalue weighted by Gasteiger charge is -2.15. The highest BCUT2D eigenvalue weighted by molar-refractivity contribution is 8.18. The number of amidine groups is 1. The molecule has 0 spiro atoms. The molecule has 29 heavy (non-hydrogen) atoms. The van der Waals surface area contributed by atoms with Crippen LogP contribution in [-0.4, -0.2) is 16.0 Å². The van der Waals surface area contributed by atoms with Crippen LogP contribution in [0.25, 0.3) is 6.08 Å². The van der Waals surface area contributed by atoms with E-state index in [4.69, 9.17) is 28.2 Å². The molecule has 0 saturated carbocycles. The van der Waals surface area contributed by atoms with Crippen molar-refractivity contribution in [3.63, 3.8) is 0 Å². The lowest BCUT2D eigenvalue weighted by molar-refractivity contribution is -0.122. The van der Waals surface area contributed by atoms with Gasteiger partial charge in [-0.1, -0.05) is 83.9 Å². The maximum atomic E-state index is 13.2. The summed E-state index contributed by atoms with van der Waals surface area (Å²) in [5.41, 5.74) is 2.53. The number of carbonyl (C=O) groups is 1. The van der Waals surface area contributed by atoms with E-state index in [9.17, 15) is 4.79 Å². The van der Waals surface area contributed by atoms with E-state index < -0.39 is 0 Å². The first-order valence-electron chi connectivity index (χ1n) is 8.95. The molecule has 3 nitrogen and oxygen atoms in total. The number of benzene rings is 3. The Bertz CT molecular complexity index is 1100. The van der Waals surface area contributed by atoms with Gasteiger partial charge in [-0.15, -0.1) is 0 Å². The highest BCUT2D eigenvalue weighted by Crippen LogP contribution is 2.37. The fraction of sp³-hybridized carbons (Fsp3) is 0.0435. The fourth-order valence-electron chi connectivity index (χ4n) is 2.88. The van der Waals surface area contributed by atoms with Crippen LogP contribution in [0.15, 0.2) is 88.8 Å². The number of halogens is 2. The summed E-state index contributed by atoms with van der Waals surface area (Å²) in [5.74, 6) is -0.107. The van der Waals surface area contributed by atoms with E-state index in [-0.39, 0.29) is 5.91 Å². The number of carbonyl (C=O) groups excluding carboxylic acids is 1. The maximum absolute atomic E-state index is 13.2. The zero-order valence-electron chi connectivity index (χ0n) is 15.3. The van der Waals surface area contributed by atoms with Crippen LogP contribution in [0.4, 0.5) is 5.69 Å². The van der Waals surface area contributed by atoms with E-state index in [0.717, 1.165) is 11.3 Å². The van der Waals surface area contributed by atoms with Crippen molar-refractivity contribution in [2.24, 2.45) is 4.99 Å². The first kappa shape index (κ1) is 19.8. The topological polar surface area (TPSA) is 32.7 Å². The van der Waals surface area contributed by atoms with Crippen molar-refractivity contribution in [1.82, 2.24) is 4.90 Å². The van der Waals surface area contributed by atoms with Crippen molar-refractivity contribution in [1.29, 1.82) is 0 Å². The largest absolute Gasteiger partial charge is 0.282 e. The molecule has 1 heterocycles. The minimum atomic E-state index is -0.107. The second-order valence-corrected chi connectivity index (χ2v) is 8.15. The molecule has 6 heteroatoms. The molecule has 0 radical (unpaired) electrons. The van der Waals surface area contributed by atoms with E-state index in [2.05, 4.69) is 0 Å².